The minimum atomic E-state index is -0.465. The molecule has 1 aromatic carbocycles. The summed E-state index contributed by atoms with van der Waals surface area (Å²) in [5.74, 6) is -0.331. The summed E-state index contributed by atoms with van der Waals surface area (Å²) in [6.45, 7) is 1.41. The van der Waals surface area contributed by atoms with Crippen molar-refractivity contribution in [2.24, 2.45) is 0 Å². The van der Waals surface area contributed by atoms with Crippen molar-refractivity contribution in [3.8, 4) is 0 Å². The molecule has 0 atom stereocenters. The minimum absolute atomic E-state index is 0.0251. The van der Waals surface area contributed by atoms with Gasteiger partial charge in [-0.1, -0.05) is 12.8 Å². The molecule has 0 radical (unpaired) electrons. The van der Waals surface area contributed by atoms with E-state index in [-0.39, 0.29) is 18.4 Å². The standard InChI is InChI=1S/C15H20N2O3/c1-11(19)16-13-6-4-12(5-7-13)14(20)17-15(10-18)8-2-3-9-15/h4-7,18H,2-3,8-10H2,1H3,(H,16,19)(H,17,20). The van der Waals surface area contributed by atoms with Crippen LogP contribution in [0.4, 0.5) is 5.69 Å². The summed E-state index contributed by atoms with van der Waals surface area (Å²) < 4.78 is 0. The Balaban J connectivity index is 2.03. The molecule has 5 heteroatoms. The van der Waals surface area contributed by atoms with Gasteiger partial charge in [-0.25, -0.2) is 0 Å². The fourth-order valence-electron chi connectivity index (χ4n) is 2.60. The quantitative estimate of drug-likeness (QED) is 0.783. The summed E-state index contributed by atoms with van der Waals surface area (Å²) in [5, 5.41) is 15.1. The monoisotopic (exact) mass is 276 g/mol. The molecule has 0 heterocycles. The third-order valence-electron chi connectivity index (χ3n) is 3.71. The highest BCUT2D eigenvalue weighted by Gasteiger charge is 2.34. The maximum absolute atomic E-state index is 12.2. The third-order valence-corrected chi connectivity index (χ3v) is 3.71. The average Bonchev–Trinajstić information content (AvgIpc) is 2.88. The second-order valence-electron chi connectivity index (χ2n) is 5.36. The Morgan fingerprint density at radius 1 is 1.20 bits per heavy atom. The number of benzene rings is 1. The molecule has 1 aliphatic carbocycles. The molecule has 5 nitrogen and oxygen atoms in total. The Morgan fingerprint density at radius 3 is 2.30 bits per heavy atom. The first kappa shape index (κ1) is 14.5. The van der Waals surface area contributed by atoms with Crippen LogP contribution < -0.4 is 10.6 Å². The fraction of sp³-hybridized carbons (Fsp3) is 0.467. The molecule has 1 fully saturated rings. The predicted molar refractivity (Wildman–Crippen MR) is 76.5 cm³/mol. The van der Waals surface area contributed by atoms with E-state index in [0.29, 0.717) is 11.3 Å². The van der Waals surface area contributed by atoms with Gasteiger partial charge in [-0.05, 0) is 37.1 Å². The molecule has 2 amide bonds. The number of hydrogen-bond acceptors (Lipinski definition) is 3. The number of carbonyl (C=O) groups is 2. The predicted octanol–water partition coefficient (Wildman–Crippen LogP) is 1.68. The zero-order valence-corrected chi connectivity index (χ0v) is 11.6. The van der Waals surface area contributed by atoms with Crippen molar-refractivity contribution in [1.29, 1.82) is 0 Å². The van der Waals surface area contributed by atoms with E-state index >= 15 is 0 Å². The van der Waals surface area contributed by atoms with Gasteiger partial charge in [-0.15, -0.1) is 0 Å². The van der Waals surface area contributed by atoms with Gasteiger partial charge in [0.2, 0.25) is 5.91 Å². The Morgan fingerprint density at radius 2 is 1.80 bits per heavy atom. The Labute approximate surface area is 118 Å². The number of rotatable bonds is 4. The molecule has 1 saturated carbocycles. The van der Waals surface area contributed by atoms with Gasteiger partial charge in [-0.2, -0.15) is 0 Å². The maximum Gasteiger partial charge on any atom is 0.251 e. The third kappa shape index (κ3) is 3.36. The molecule has 0 bridgehead atoms. The van der Waals surface area contributed by atoms with E-state index in [4.69, 9.17) is 0 Å². The fourth-order valence-corrected chi connectivity index (χ4v) is 2.60. The summed E-state index contributed by atoms with van der Waals surface area (Å²) in [5.41, 5.74) is 0.721. The number of anilines is 1. The highest BCUT2D eigenvalue weighted by Crippen LogP contribution is 2.29. The van der Waals surface area contributed by atoms with Crippen LogP contribution in [0, 0.1) is 0 Å². The van der Waals surface area contributed by atoms with Crippen LogP contribution in [-0.4, -0.2) is 29.1 Å². The van der Waals surface area contributed by atoms with Gasteiger partial charge >= 0.3 is 0 Å². The molecule has 1 aromatic rings. The van der Waals surface area contributed by atoms with Crippen LogP contribution in [-0.2, 0) is 4.79 Å². The van der Waals surface area contributed by atoms with Crippen LogP contribution in [0.5, 0.6) is 0 Å². The molecule has 0 saturated heterocycles. The van der Waals surface area contributed by atoms with Crippen LogP contribution in [0.1, 0.15) is 43.0 Å². The molecular formula is C15H20N2O3. The molecule has 0 aliphatic heterocycles. The molecule has 0 aromatic heterocycles. The largest absolute Gasteiger partial charge is 0.394 e. The summed E-state index contributed by atoms with van der Waals surface area (Å²) in [6.07, 6.45) is 3.70. The molecular weight excluding hydrogens is 256 g/mol. The molecule has 0 unspecified atom stereocenters. The van der Waals surface area contributed by atoms with E-state index in [2.05, 4.69) is 10.6 Å². The van der Waals surface area contributed by atoms with Crippen LogP contribution in [0.3, 0.4) is 0 Å². The lowest BCUT2D eigenvalue weighted by Gasteiger charge is -2.28. The lowest BCUT2D eigenvalue weighted by molar-refractivity contribution is -0.114. The van der Waals surface area contributed by atoms with E-state index < -0.39 is 5.54 Å². The van der Waals surface area contributed by atoms with Crippen LogP contribution in [0.2, 0.25) is 0 Å². The molecule has 108 valence electrons. The number of carbonyl (C=O) groups excluding carboxylic acids is 2. The van der Waals surface area contributed by atoms with E-state index in [9.17, 15) is 14.7 Å². The number of nitrogens with one attached hydrogen (secondary N) is 2. The van der Waals surface area contributed by atoms with Crippen molar-refractivity contribution in [1.82, 2.24) is 5.32 Å². The normalized spacial score (nSPS) is 16.7. The van der Waals surface area contributed by atoms with Crippen LogP contribution in [0.25, 0.3) is 0 Å². The van der Waals surface area contributed by atoms with Gasteiger partial charge in [0.15, 0.2) is 0 Å². The highest BCUT2D eigenvalue weighted by atomic mass is 16.3. The maximum atomic E-state index is 12.2. The SMILES string of the molecule is CC(=O)Nc1ccc(C(=O)NC2(CO)CCCC2)cc1. The van der Waals surface area contributed by atoms with E-state index in [1.807, 2.05) is 0 Å². The summed E-state index contributed by atoms with van der Waals surface area (Å²) in [7, 11) is 0. The lowest BCUT2D eigenvalue weighted by atomic mass is 9.98. The summed E-state index contributed by atoms with van der Waals surface area (Å²) >= 11 is 0. The van der Waals surface area contributed by atoms with E-state index in [1.165, 1.54) is 6.92 Å². The number of aliphatic hydroxyl groups excluding tert-OH is 1. The molecule has 20 heavy (non-hydrogen) atoms. The van der Waals surface area contributed by atoms with Gasteiger partial charge in [0, 0.05) is 18.2 Å². The van der Waals surface area contributed by atoms with Crippen molar-refractivity contribution in [2.45, 2.75) is 38.1 Å². The van der Waals surface area contributed by atoms with Crippen molar-refractivity contribution >= 4 is 17.5 Å². The van der Waals surface area contributed by atoms with Crippen molar-refractivity contribution in [3.05, 3.63) is 29.8 Å². The average molecular weight is 276 g/mol. The summed E-state index contributed by atoms with van der Waals surface area (Å²) in [6, 6.07) is 6.72. The van der Waals surface area contributed by atoms with E-state index in [1.54, 1.807) is 24.3 Å². The smallest absolute Gasteiger partial charge is 0.251 e. The molecule has 2 rings (SSSR count). The first-order valence-electron chi connectivity index (χ1n) is 6.86. The zero-order valence-electron chi connectivity index (χ0n) is 11.6. The van der Waals surface area contributed by atoms with Gasteiger partial charge in [0.05, 0.1) is 12.1 Å². The van der Waals surface area contributed by atoms with Gasteiger partial charge < -0.3 is 15.7 Å². The van der Waals surface area contributed by atoms with Crippen LogP contribution >= 0.6 is 0 Å². The van der Waals surface area contributed by atoms with Crippen LogP contribution in [0.15, 0.2) is 24.3 Å². The second-order valence-corrected chi connectivity index (χ2v) is 5.36. The van der Waals surface area contributed by atoms with Crippen molar-refractivity contribution in [3.63, 3.8) is 0 Å². The first-order chi connectivity index (χ1) is 9.54. The Hall–Kier alpha value is -1.88. The molecule has 3 N–H and O–H groups in total. The Bertz CT molecular complexity index is 490. The van der Waals surface area contributed by atoms with Crippen molar-refractivity contribution < 1.29 is 14.7 Å². The number of aliphatic hydroxyl groups is 1. The van der Waals surface area contributed by atoms with Crippen molar-refractivity contribution in [2.75, 3.05) is 11.9 Å². The lowest BCUT2D eigenvalue weighted by Crippen LogP contribution is -2.49. The zero-order chi connectivity index (χ0) is 14.6. The topological polar surface area (TPSA) is 78.4 Å². The minimum Gasteiger partial charge on any atom is -0.394 e. The first-order valence-corrected chi connectivity index (χ1v) is 6.86. The second kappa shape index (κ2) is 6.05. The van der Waals surface area contributed by atoms with Gasteiger partial charge in [-0.3, -0.25) is 9.59 Å². The molecule has 0 spiro atoms. The molecule has 1 aliphatic rings. The number of amides is 2. The number of hydrogen-bond donors (Lipinski definition) is 3. The van der Waals surface area contributed by atoms with Gasteiger partial charge in [0.25, 0.3) is 5.91 Å². The highest BCUT2D eigenvalue weighted by molar-refractivity contribution is 5.96. The van der Waals surface area contributed by atoms with E-state index in [0.717, 1.165) is 25.7 Å². The Kier molecular flexibility index (Phi) is 4.39. The van der Waals surface area contributed by atoms with Gasteiger partial charge in [0.1, 0.15) is 0 Å². The summed E-state index contributed by atoms with van der Waals surface area (Å²) in [4.78, 5) is 23.1.